The summed E-state index contributed by atoms with van der Waals surface area (Å²) < 4.78 is 5.11. The highest BCUT2D eigenvalue weighted by Gasteiger charge is 2.25. The first-order valence-corrected chi connectivity index (χ1v) is 5.42. The molecule has 0 N–H and O–H groups in total. The number of hydrogen-bond donors (Lipinski definition) is 0. The number of esters is 1. The molecule has 1 aliphatic heterocycles. The van der Waals surface area contributed by atoms with Crippen LogP contribution >= 0.6 is 11.8 Å². The van der Waals surface area contributed by atoms with Crippen molar-refractivity contribution in [3.05, 3.63) is 29.8 Å². The number of fused-ring (bicyclic) bond motifs is 1. The molecule has 1 aromatic rings. The number of hydrogen-bond acceptors (Lipinski definition) is 3. The first-order chi connectivity index (χ1) is 6.31. The van der Waals surface area contributed by atoms with Gasteiger partial charge < -0.3 is 4.74 Å². The lowest BCUT2D eigenvalue weighted by Crippen LogP contribution is -2.18. The molecular weight excluding hydrogens is 184 g/mol. The van der Waals surface area contributed by atoms with E-state index >= 15 is 0 Å². The van der Waals surface area contributed by atoms with Crippen molar-refractivity contribution in [2.24, 2.45) is 0 Å². The number of thioether (sulfide) groups is 1. The molecule has 2 rings (SSSR count). The third-order valence-corrected chi connectivity index (χ3v) is 3.12. The molecule has 0 amide bonds. The van der Waals surface area contributed by atoms with E-state index in [9.17, 15) is 4.79 Å². The van der Waals surface area contributed by atoms with Gasteiger partial charge in [0.15, 0.2) is 0 Å². The molecule has 1 atom stereocenters. The van der Waals surface area contributed by atoms with Crippen LogP contribution in [-0.2, 0) is 4.79 Å². The quantitative estimate of drug-likeness (QED) is 0.507. The Morgan fingerprint density at radius 1 is 1.46 bits per heavy atom. The van der Waals surface area contributed by atoms with Gasteiger partial charge in [-0.25, -0.2) is 0 Å². The molecule has 0 spiro atoms. The van der Waals surface area contributed by atoms with Crippen LogP contribution in [0, 0.1) is 0 Å². The Morgan fingerprint density at radius 2 is 2.23 bits per heavy atom. The normalized spacial score (nSPS) is 20.7. The summed E-state index contributed by atoms with van der Waals surface area (Å²) in [5, 5.41) is 0.262. The maximum atomic E-state index is 11.2. The van der Waals surface area contributed by atoms with Crippen LogP contribution in [0.5, 0.6) is 5.75 Å². The molecule has 1 aliphatic rings. The molecule has 0 radical (unpaired) electrons. The minimum absolute atomic E-state index is 0.127. The van der Waals surface area contributed by atoms with Gasteiger partial charge in [0.25, 0.3) is 0 Å². The zero-order valence-electron chi connectivity index (χ0n) is 7.32. The topological polar surface area (TPSA) is 26.3 Å². The van der Waals surface area contributed by atoms with Gasteiger partial charge in [0, 0.05) is 10.8 Å². The molecule has 0 saturated carbocycles. The summed E-state index contributed by atoms with van der Waals surface area (Å²) in [5.74, 6) is 0.594. The molecular formula is C10H10O2S. The number of benzene rings is 1. The van der Waals surface area contributed by atoms with Gasteiger partial charge in [0.2, 0.25) is 0 Å². The predicted molar refractivity (Wildman–Crippen MR) is 53.0 cm³/mol. The maximum Gasteiger partial charge on any atom is 0.312 e. The summed E-state index contributed by atoms with van der Waals surface area (Å²) in [6.07, 6.45) is 2.50. The summed E-state index contributed by atoms with van der Waals surface area (Å²) in [6, 6.07) is 7.72. The van der Waals surface area contributed by atoms with Crippen molar-refractivity contribution >= 4 is 17.7 Å². The highest BCUT2D eigenvalue weighted by Crippen LogP contribution is 2.39. The van der Waals surface area contributed by atoms with Gasteiger partial charge in [-0.3, -0.25) is 4.79 Å². The molecule has 68 valence electrons. The summed E-state index contributed by atoms with van der Waals surface area (Å²) >= 11 is 1.69. The van der Waals surface area contributed by atoms with Crippen molar-refractivity contribution in [1.82, 2.24) is 0 Å². The molecule has 13 heavy (non-hydrogen) atoms. The second-order valence-corrected chi connectivity index (χ2v) is 3.98. The van der Waals surface area contributed by atoms with E-state index in [0.29, 0.717) is 6.42 Å². The highest BCUT2D eigenvalue weighted by molar-refractivity contribution is 7.98. The Labute approximate surface area is 81.3 Å². The van der Waals surface area contributed by atoms with Gasteiger partial charge in [0.1, 0.15) is 5.75 Å². The Bertz CT molecular complexity index is 335. The van der Waals surface area contributed by atoms with E-state index in [2.05, 4.69) is 0 Å². The van der Waals surface area contributed by atoms with Crippen LogP contribution in [0.2, 0.25) is 0 Å². The first kappa shape index (κ1) is 8.63. The van der Waals surface area contributed by atoms with Crippen LogP contribution in [-0.4, -0.2) is 12.2 Å². The molecule has 1 heterocycles. The first-order valence-electron chi connectivity index (χ1n) is 4.13. The second kappa shape index (κ2) is 3.42. The summed E-state index contributed by atoms with van der Waals surface area (Å²) in [6.45, 7) is 0. The van der Waals surface area contributed by atoms with E-state index in [0.717, 1.165) is 11.3 Å². The zero-order valence-corrected chi connectivity index (χ0v) is 8.14. The van der Waals surface area contributed by atoms with Gasteiger partial charge in [-0.15, -0.1) is 0 Å². The number of carbonyl (C=O) groups excluding carboxylic acids is 1. The minimum atomic E-state index is -0.127. The van der Waals surface area contributed by atoms with E-state index < -0.39 is 0 Å². The van der Waals surface area contributed by atoms with E-state index in [1.54, 1.807) is 11.8 Å². The van der Waals surface area contributed by atoms with Gasteiger partial charge in [-0.2, -0.15) is 11.8 Å². The van der Waals surface area contributed by atoms with Crippen molar-refractivity contribution < 1.29 is 9.53 Å². The monoisotopic (exact) mass is 194 g/mol. The second-order valence-electron chi connectivity index (χ2n) is 2.94. The minimum Gasteiger partial charge on any atom is -0.426 e. The van der Waals surface area contributed by atoms with Crippen molar-refractivity contribution in [1.29, 1.82) is 0 Å². The van der Waals surface area contributed by atoms with E-state index in [4.69, 9.17) is 4.74 Å². The van der Waals surface area contributed by atoms with Crippen molar-refractivity contribution in [3.8, 4) is 5.75 Å². The van der Waals surface area contributed by atoms with Crippen LogP contribution < -0.4 is 4.74 Å². The highest BCUT2D eigenvalue weighted by atomic mass is 32.2. The third kappa shape index (κ3) is 1.56. The number of rotatable bonds is 1. The van der Waals surface area contributed by atoms with Gasteiger partial charge >= 0.3 is 5.97 Å². The Kier molecular flexibility index (Phi) is 2.27. The average molecular weight is 194 g/mol. The largest absolute Gasteiger partial charge is 0.426 e. The summed E-state index contributed by atoms with van der Waals surface area (Å²) in [4.78, 5) is 11.2. The van der Waals surface area contributed by atoms with Crippen LogP contribution in [0.1, 0.15) is 17.2 Å². The molecule has 0 aliphatic carbocycles. The maximum absolute atomic E-state index is 11.2. The SMILES string of the molecule is CSC1CC(=O)Oc2ccccc21. The van der Waals surface area contributed by atoms with Crippen LogP contribution in [0.3, 0.4) is 0 Å². The van der Waals surface area contributed by atoms with Gasteiger partial charge in [-0.05, 0) is 12.3 Å². The van der Waals surface area contributed by atoms with Gasteiger partial charge in [-0.1, -0.05) is 18.2 Å². The smallest absolute Gasteiger partial charge is 0.312 e. The van der Waals surface area contributed by atoms with Crippen molar-refractivity contribution in [2.45, 2.75) is 11.7 Å². The Balaban J connectivity index is 2.42. The zero-order chi connectivity index (χ0) is 9.26. The van der Waals surface area contributed by atoms with E-state index in [1.165, 1.54) is 0 Å². The molecule has 1 unspecified atom stereocenters. The Hall–Kier alpha value is -0.960. The van der Waals surface area contributed by atoms with Gasteiger partial charge in [0.05, 0.1) is 6.42 Å². The average Bonchev–Trinajstić information content (AvgIpc) is 2.16. The molecule has 2 nitrogen and oxygen atoms in total. The molecule has 0 saturated heterocycles. The van der Waals surface area contributed by atoms with Crippen molar-refractivity contribution in [2.75, 3.05) is 6.26 Å². The lowest BCUT2D eigenvalue weighted by Gasteiger charge is -2.22. The lowest BCUT2D eigenvalue weighted by molar-refractivity contribution is -0.135. The number of carbonyl (C=O) groups is 1. The fourth-order valence-electron chi connectivity index (χ4n) is 1.48. The molecule has 0 fully saturated rings. The van der Waals surface area contributed by atoms with Crippen molar-refractivity contribution in [3.63, 3.8) is 0 Å². The fourth-order valence-corrected chi connectivity index (χ4v) is 2.23. The molecule has 0 aromatic heterocycles. The van der Waals surface area contributed by atoms with Crippen LogP contribution in [0.4, 0.5) is 0 Å². The number of ether oxygens (including phenoxy) is 1. The predicted octanol–water partition coefficient (Wildman–Crippen LogP) is 2.40. The number of para-hydroxylation sites is 1. The lowest BCUT2D eigenvalue weighted by atomic mass is 10.1. The molecule has 3 heteroatoms. The van der Waals surface area contributed by atoms with E-state index in [-0.39, 0.29) is 11.2 Å². The fraction of sp³-hybridized carbons (Fsp3) is 0.300. The third-order valence-electron chi connectivity index (χ3n) is 2.13. The van der Waals surface area contributed by atoms with Crippen LogP contribution in [0.25, 0.3) is 0 Å². The summed E-state index contributed by atoms with van der Waals surface area (Å²) in [7, 11) is 0. The molecule has 1 aromatic carbocycles. The standard InChI is InChI=1S/C10H10O2S/c1-13-9-6-10(11)12-8-5-3-2-4-7(8)9/h2-5,9H,6H2,1H3. The summed E-state index contributed by atoms with van der Waals surface area (Å²) in [5.41, 5.74) is 1.13. The molecule has 0 bridgehead atoms. The van der Waals surface area contributed by atoms with Crippen LogP contribution in [0.15, 0.2) is 24.3 Å². The van der Waals surface area contributed by atoms with E-state index in [1.807, 2.05) is 30.5 Å². The Morgan fingerprint density at radius 3 is 3.00 bits per heavy atom.